The summed E-state index contributed by atoms with van der Waals surface area (Å²) in [6.45, 7) is 0. The number of nitrogens with zero attached hydrogens (tertiary/aromatic N) is 2. The zero-order valence-electron chi connectivity index (χ0n) is 10.1. The highest BCUT2D eigenvalue weighted by molar-refractivity contribution is 6.03. The molecule has 19 heavy (non-hydrogen) atoms. The number of nitrogens with one attached hydrogen (secondary N) is 2. The summed E-state index contributed by atoms with van der Waals surface area (Å²) >= 11 is 0. The van der Waals surface area contributed by atoms with E-state index in [1.165, 1.54) is 0 Å². The van der Waals surface area contributed by atoms with Crippen molar-refractivity contribution < 1.29 is 4.79 Å². The third kappa shape index (κ3) is 2.40. The van der Waals surface area contributed by atoms with Gasteiger partial charge in [0, 0.05) is 36.0 Å². The molecule has 1 amide bonds. The van der Waals surface area contributed by atoms with E-state index < -0.39 is 0 Å². The average Bonchev–Trinajstić information content (AvgIpc) is 3.12. The fourth-order valence-electron chi connectivity index (χ4n) is 1.80. The first-order valence-corrected chi connectivity index (χ1v) is 5.87. The number of aromatic nitrogens is 3. The van der Waals surface area contributed by atoms with Crippen LogP contribution in [0.5, 0.6) is 0 Å². The summed E-state index contributed by atoms with van der Waals surface area (Å²) in [6.07, 6.45) is 7.16. The molecule has 0 aliphatic heterocycles. The van der Waals surface area contributed by atoms with Crippen LogP contribution in [0.4, 0.5) is 5.95 Å². The zero-order chi connectivity index (χ0) is 13.1. The summed E-state index contributed by atoms with van der Waals surface area (Å²) in [4.78, 5) is 18.7. The standard InChI is InChI=1S/C14H12N4O/c19-13(17-14-15-7-8-16-14)11-3-5-12(6-4-11)18-9-1-2-10-18/h1-10H,(H2,15,16,17,19). The van der Waals surface area contributed by atoms with Gasteiger partial charge < -0.3 is 9.55 Å². The fraction of sp³-hybridized carbons (Fsp3) is 0. The normalized spacial score (nSPS) is 10.3. The lowest BCUT2D eigenvalue weighted by Gasteiger charge is -2.05. The minimum atomic E-state index is -0.186. The minimum Gasteiger partial charge on any atom is -0.331 e. The Morgan fingerprint density at radius 1 is 1.16 bits per heavy atom. The van der Waals surface area contributed by atoms with E-state index in [4.69, 9.17) is 0 Å². The number of H-pyrrole nitrogens is 1. The Bertz CT molecular complexity index is 654. The predicted molar refractivity (Wildman–Crippen MR) is 72.3 cm³/mol. The highest BCUT2D eigenvalue weighted by Crippen LogP contribution is 2.11. The van der Waals surface area contributed by atoms with E-state index in [0.29, 0.717) is 11.5 Å². The van der Waals surface area contributed by atoms with Crippen LogP contribution in [-0.4, -0.2) is 20.4 Å². The van der Waals surface area contributed by atoms with E-state index in [1.54, 1.807) is 24.5 Å². The lowest BCUT2D eigenvalue weighted by atomic mass is 10.2. The number of anilines is 1. The van der Waals surface area contributed by atoms with E-state index >= 15 is 0 Å². The number of benzene rings is 1. The van der Waals surface area contributed by atoms with Crippen molar-refractivity contribution in [3.8, 4) is 5.69 Å². The number of imidazole rings is 1. The molecule has 5 heteroatoms. The molecule has 1 aromatic carbocycles. The number of hydrogen-bond acceptors (Lipinski definition) is 2. The highest BCUT2D eigenvalue weighted by atomic mass is 16.1. The number of carbonyl (C=O) groups is 1. The Hall–Kier alpha value is -2.82. The van der Waals surface area contributed by atoms with Crippen LogP contribution < -0.4 is 5.32 Å². The molecule has 0 saturated carbocycles. The molecule has 0 spiro atoms. The van der Waals surface area contributed by atoms with Crippen molar-refractivity contribution in [2.24, 2.45) is 0 Å². The third-order valence-corrected chi connectivity index (χ3v) is 2.76. The highest BCUT2D eigenvalue weighted by Gasteiger charge is 2.07. The zero-order valence-corrected chi connectivity index (χ0v) is 10.1. The van der Waals surface area contributed by atoms with Crippen molar-refractivity contribution >= 4 is 11.9 Å². The first-order valence-electron chi connectivity index (χ1n) is 5.87. The summed E-state index contributed by atoms with van der Waals surface area (Å²) in [5.74, 6) is 0.258. The van der Waals surface area contributed by atoms with Gasteiger partial charge in [-0.15, -0.1) is 0 Å². The van der Waals surface area contributed by atoms with Crippen LogP contribution in [0.3, 0.4) is 0 Å². The van der Waals surface area contributed by atoms with Crippen LogP contribution >= 0.6 is 0 Å². The summed E-state index contributed by atoms with van der Waals surface area (Å²) in [6, 6.07) is 11.3. The SMILES string of the molecule is O=C(Nc1ncc[nH]1)c1ccc(-n2cccc2)cc1. The molecule has 0 fully saturated rings. The van der Waals surface area contributed by atoms with Gasteiger partial charge in [0.1, 0.15) is 0 Å². The maximum absolute atomic E-state index is 11.9. The molecule has 3 aromatic rings. The fourth-order valence-corrected chi connectivity index (χ4v) is 1.80. The van der Waals surface area contributed by atoms with Crippen LogP contribution in [-0.2, 0) is 0 Å². The molecular formula is C14H12N4O. The van der Waals surface area contributed by atoms with E-state index in [9.17, 15) is 4.79 Å². The Labute approximate surface area is 109 Å². The van der Waals surface area contributed by atoms with Gasteiger partial charge >= 0.3 is 0 Å². The molecule has 2 N–H and O–H groups in total. The summed E-state index contributed by atoms with van der Waals surface area (Å²) in [5, 5.41) is 2.68. The first kappa shape index (κ1) is 11.3. The molecule has 2 aromatic heterocycles. The van der Waals surface area contributed by atoms with Crippen molar-refractivity contribution in [3.05, 3.63) is 66.7 Å². The van der Waals surface area contributed by atoms with Gasteiger partial charge in [-0.1, -0.05) is 0 Å². The topological polar surface area (TPSA) is 62.7 Å². The van der Waals surface area contributed by atoms with E-state index in [0.717, 1.165) is 5.69 Å². The lowest BCUT2D eigenvalue weighted by Crippen LogP contribution is -2.12. The second kappa shape index (κ2) is 4.81. The van der Waals surface area contributed by atoms with Crippen LogP contribution in [0.15, 0.2) is 61.2 Å². The van der Waals surface area contributed by atoms with E-state index in [-0.39, 0.29) is 5.91 Å². The number of carbonyl (C=O) groups excluding carboxylic acids is 1. The number of rotatable bonds is 3. The molecule has 0 aliphatic carbocycles. The van der Waals surface area contributed by atoms with Gasteiger partial charge in [0.25, 0.3) is 5.91 Å². The molecule has 0 bridgehead atoms. The molecule has 0 unspecified atom stereocenters. The van der Waals surface area contributed by atoms with Crippen molar-refractivity contribution in [1.29, 1.82) is 0 Å². The van der Waals surface area contributed by atoms with Crippen LogP contribution in [0.1, 0.15) is 10.4 Å². The van der Waals surface area contributed by atoms with Gasteiger partial charge in [-0.05, 0) is 36.4 Å². The minimum absolute atomic E-state index is 0.186. The number of hydrogen-bond donors (Lipinski definition) is 2. The maximum atomic E-state index is 11.9. The molecule has 0 atom stereocenters. The smallest absolute Gasteiger partial charge is 0.257 e. The van der Waals surface area contributed by atoms with Crippen molar-refractivity contribution in [2.75, 3.05) is 5.32 Å². The molecule has 0 aliphatic rings. The van der Waals surface area contributed by atoms with Gasteiger partial charge in [0.05, 0.1) is 0 Å². The van der Waals surface area contributed by atoms with Gasteiger partial charge in [-0.2, -0.15) is 0 Å². The van der Waals surface area contributed by atoms with Gasteiger partial charge in [-0.25, -0.2) is 4.98 Å². The Morgan fingerprint density at radius 2 is 1.89 bits per heavy atom. The molecule has 5 nitrogen and oxygen atoms in total. The molecular weight excluding hydrogens is 240 g/mol. The van der Waals surface area contributed by atoms with E-state index in [2.05, 4.69) is 15.3 Å². The molecule has 2 heterocycles. The second-order valence-corrected chi connectivity index (χ2v) is 4.03. The summed E-state index contributed by atoms with van der Waals surface area (Å²) in [5.41, 5.74) is 1.60. The van der Waals surface area contributed by atoms with Crippen LogP contribution in [0.25, 0.3) is 5.69 Å². The Balaban J connectivity index is 1.77. The van der Waals surface area contributed by atoms with Gasteiger partial charge in [0.15, 0.2) is 0 Å². The Morgan fingerprint density at radius 3 is 2.53 bits per heavy atom. The number of aromatic amines is 1. The monoisotopic (exact) mass is 252 g/mol. The van der Waals surface area contributed by atoms with Crippen molar-refractivity contribution in [1.82, 2.24) is 14.5 Å². The van der Waals surface area contributed by atoms with Crippen molar-refractivity contribution in [3.63, 3.8) is 0 Å². The quantitative estimate of drug-likeness (QED) is 0.752. The van der Waals surface area contributed by atoms with E-state index in [1.807, 2.05) is 41.2 Å². The van der Waals surface area contributed by atoms with Gasteiger partial charge in [-0.3, -0.25) is 10.1 Å². The van der Waals surface area contributed by atoms with Crippen molar-refractivity contribution in [2.45, 2.75) is 0 Å². The molecule has 3 rings (SSSR count). The average molecular weight is 252 g/mol. The molecule has 94 valence electrons. The maximum Gasteiger partial charge on any atom is 0.257 e. The molecule has 0 radical (unpaired) electrons. The molecule has 0 saturated heterocycles. The lowest BCUT2D eigenvalue weighted by molar-refractivity contribution is 0.102. The summed E-state index contributed by atoms with van der Waals surface area (Å²) < 4.78 is 1.98. The Kier molecular flexibility index (Phi) is 2.86. The number of amides is 1. The predicted octanol–water partition coefficient (Wildman–Crippen LogP) is 2.45. The van der Waals surface area contributed by atoms with Crippen LogP contribution in [0.2, 0.25) is 0 Å². The van der Waals surface area contributed by atoms with Gasteiger partial charge in [0.2, 0.25) is 5.95 Å². The summed E-state index contributed by atoms with van der Waals surface area (Å²) in [7, 11) is 0. The largest absolute Gasteiger partial charge is 0.331 e. The first-order chi connectivity index (χ1) is 9.33. The van der Waals surface area contributed by atoms with Crippen LogP contribution in [0, 0.1) is 0 Å². The third-order valence-electron chi connectivity index (χ3n) is 2.76. The second-order valence-electron chi connectivity index (χ2n) is 4.03.